The highest BCUT2D eigenvalue weighted by Gasteiger charge is 2.31. The van der Waals surface area contributed by atoms with Crippen LogP contribution in [0.2, 0.25) is 0 Å². The number of methoxy groups -OCH3 is 2. The molecule has 11 heteroatoms. The molecule has 30 heavy (non-hydrogen) atoms. The Bertz CT molecular complexity index is 1010. The zero-order chi connectivity index (χ0) is 21.7. The second-order valence-corrected chi connectivity index (χ2v) is 9.08. The van der Waals surface area contributed by atoms with Gasteiger partial charge in [-0.05, 0) is 37.1 Å². The summed E-state index contributed by atoms with van der Waals surface area (Å²) in [5, 5.41) is 11.7. The van der Waals surface area contributed by atoms with E-state index >= 15 is 0 Å². The Morgan fingerprint density at radius 3 is 2.70 bits per heavy atom. The van der Waals surface area contributed by atoms with E-state index in [0.717, 1.165) is 10.6 Å². The van der Waals surface area contributed by atoms with Crippen LogP contribution in [0.5, 0.6) is 11.5 Å². The van der Waals surface area contributed by atoms with Crippen LogP contribution in [-0.2, 0) is 9.59 Å². The van der Waals surface area contributed by atoms with Crippen LogP contribution in [0, 0.1) is 6.92 Å². The van der Waals surface area contributed by atoms with Crippen molar-refractivity contribution in [3.8, 4) is 11.5 Å². The van der Waals surface area contributed by atoms with Gasteiger partial charge in [0.05, 0.1) is 19.1 Å². The largest absolute Gasteiger partial charge is 0.493 e. The number of aromatic nitrogens is 2. The number of thioether (sulfide) groups is 1. The van der Waals surface area contributed by atoms with Gasteiger partial charge in [0.25, 0.3) is 5.91 Å². The van der Waals surface area contributed by atoms with Gasteiger partial charge in [0.2, 0.25) is 11.0 Å². The maximum Gasteiger partial charge on any atom is 0.266 e. The van der Waals surface area contributed by atoms with Crippen molar-refractivity contribution >= 4 is 62.7 Å². The molecule has 1 N–H and O–H groups in total. The lowest BCUT2D eigenvalue weighted by Crippen LogP contribution is -2.29. The Kier molecular flexibility index (Phi) is 7.40. The molecule has 1 aromatic carbocycles. The van der Waals surface area contributed by atoms with Crippen molar-refractivity contribution in [1.29, 1.82) is 0 Å². The molecule has 1 saturated heterocycles. The summed E-state index contributed by atoms with van der Waals surface area (Å²) in [6, 6.07) is 5.42. The Balaban J connectivity index is 1.58. The highest BCUT2D eigenvalue weighted by molar-refractivity contribution is 8.26. The number of hydrogen-bond donors (Lipinski definition) is 1. The minimum absolute atomic E-state index is 0.167. The maximum absolute atomic E-state index is 12.7. The molecule has 8 nitrogen and oxygen atoms in total. The van der Waals surface area contributed by atoms with Crippen molar-refractivity contribution in [2.24, 2.45) is 0 Å². The van der Waals surface area contributed by atoms with Crippen LogP contribution < -0.4 is 14.8 Å². The second-order valence-electron chi connectivity index (χ2n) is 6.23. The molecule has 1 aromatic heterocycles. The van der Waals surface area contributed by atoms with E-state index in [1.807, 2.05) is 13.0 Å². The molecule has 0 saturated carbocycles. The lowest BCUT2D eigenvalue weighted by molar-refractivity contribution is -0.122. The van der Waals surface area contributed by atoms with Gasteiger partial charge in [-0.2, -0.15) is 0 Å². The summed E-state index contributed by atoms with van der Waals surface area (Å²) >= 11 is 7.91. The third kappa shape index (κ3) is 5.35. The van der Waals surface area contributed by atoms with E-state index in [0.29, 0.717) is 38.8 Å². The van der Waals surface area contributed by atoms with Crippen LogP contribution in [0.4, 0.5) is 5.13 Å². The highest BCUT2D eigenvalue weighted by atomic mass is 32.2. The van der Waals surface area contributed by atoms with E-state index in [9.17, 15) is 9.59 Å². The molecule has 2 aromatic rings. The van der Waals surface area contributed by atoms with Gasteiger partial charge in [-0.3, -0.25) is 14.5 Å². The normalized spacial score (nSPS) is 15.0. The Morgan fingerprint density at radius 1 is 1.27 bits per heavy atom. The molecule has 0 aliphatic carbocycles. The van der Waals surface area contributed by atoms with E-state index in [-0.39, 0.29) is 18.2 Å². The number of benzene rings is 1. The topological polar surface area (TPSA) is 93.6 Å². The summed E-state index contributed by atoms with van der Waals surface area (Å²) in [5.41, 5.74) is 0.805. The molecule has 158 valence electrons. The number of carbonyl (C=O) groups is 2. The predicted molar refractivity (Wildman–Crippen MR) is 122 cm³/mol. The third-order valence-corrected chi connectivity index (χ3v) is 6.27. The lowest BCUT2D eigenvalue weighted by Gasteiger charge is -2.13. The summed E-state index contributed by atoms with van der Waals surface area (Å²) < 4.78 is 11.0. The molecule has 1 fully saturated rings. The number of thiocarbonyl (C=S) groups is 1. The van der Waals surface area contributed by atoms with Crippen LogP contribution in [0.1, 0.15) is 23.4 Å². The van der Waals surface area contributed by atoms with Crippen molar-refractivity contribution in [3.05, 3.63) is 33.7 Å². The summed E-state index contributed by atoms with van der Waals surface area (Å²) in [7, 11) is 3.13. The molecular formula is C19H20N4O4S3. The minimum Gasteiger partial charge on any atom is -0.493 e. The van der Waals surface area contributed by atoms with E-state index < -0.39 is 0 Å². The van der Waals surface area contributed by atoms with Crippen LogP contribution in [0.15, 0.2) is 23.1 Å². The number of rotatable bonds is 8. The molecule has 2 amide bonds. The third-order valence-electron chi connectivity index (χ3n) is 4.14. The van der Waals surface area contributed by atoms with Crippen molar-refractivity contribution in [2.45, 2.75) is 19.8 Å². The minimum atomic E-state index is -0.169. The first-order valence-electron chi connectivity index (χ1n) is 8.98. The zero-order valence-corrected chi connectivity index (χ0v) is 19.1. The maximum atomic E-state index is 12.7. The zero-order valence-electron chi connectivity index (χ0n) is 16.6. The average Bonchev–Trinajstić information content (AvgIpc) is 3.25. The second kappa shape index (κ2) is 10.0. The molecule has 1 aliphatic heterocycles. The Labute approximate surface area is 187 Å². The van der Waals surface area contributed by atoms with E-state index in [1.165, 1.54) is 28.0 Å². The SMILES string of the molecule is COc1ccc(C=C2SC(=S)N(CCCC(=O)Nc3nnc(C)s3)C2=O)cc1OC. The van der Waals surface area contributed by atoms with E-state index in [2.05, 4.69) is 15.5 Å². The lowest BCUT2D eigenvalue weighted by atomic mass is 10.2. The first-order chi connectivity index (χ1) is 14.4. The summed E-state index contributed by atoms with van der Waals surface area (Å²) in [6.07, 6.45) is 2.51. The van der Waals surface area contributed by atoms with E-state index in [4.69, 9.17) is 21.7 Å². The molecule has 0 atom stereocenters. The van der Waals surface area contributed by atoms with E-state index in [1.54, 1.807) is 32.4 Å². The monoisotopic (exact) mass is 464 g/mol. The van der Waals surface area contributed by atoms with Gasteiger partial charge >= 0.3 is 0 Å². The fourth-order valence-electron chi connectivity index (χ4n) is 2.71. The van der Waals surface area contributed by atoms with Crippen LogP contribution in [0.25, 0.3) is 6.08 Å². The number of ether oxygens (including phenoxy) is 2. The fraction of sp³-hybridized carbons (Fsp3) is 0.316. The number of carbonyl (C=O) groups excluding carboxylic acids is 2. The highest BCUT2D eigenvalue weighted by Crippen LogP contribution is 2.34. The van der Waals surface area contributed by atoms with Crippen LogP contribution >= 0.6 is 35.3 Å². The number of hydrogen-bond acceptors (Lipinski definition) is 9. The Hall–Kier alpha value is -2.50. The van der Waals surface area contributed by atoms with Crippen molar-refractivity contribution < 1.29 is 19.1 Å². The first kappa shape index (κ1) is 22.2. The Morgan fingerprint density at radius 2 is 2.03 bits per heavy atom. The number of nitrogens with one attached hydrogen (secondary N) is 1. The predicted octanol–water partition coefficient (Wildman–Crippen LogP) is 3.48. The molecule has 2 heterocycles. The molecule has 0 bridgehead atoms. The molecule has 0 unspecified atom stereocenters. The molecule has 3 rings (SSSR count). The number of nitrogens with zero attached hydrogens (tertiary/aromatic N) is 3. The molecule has 0 spiro atoms. The smallest absolute Gasteiger partial charge is 0.266 e. The quantitative estimate of drug-likeness (QED) is 0.469. The summed E-state index contributed by atoms with van der Waals surface area (Å²) in [4.78, 5) is 26.8. The van der Waals surface area contributed by atoms with Gasteiger partial charge in [-0.15, -0.1) is 10.2 Å². The average molecular weight is 465 g/mol. The number of aryl methyl sites for hydroxylation is 1. The van der Waals surface area contributed by atoms with Gasteiger partial charge in [-0.1, -0.05) is 41.4 Å². The summed E-state index contributed by atoms with van der Waals surface area (Å²) in [5.74, 6) is 0.861. The summed E-state index contributed by atoms with van der Waals surface area (Å²) in [6.45, 7) is 2.19. The standard InChI is InChI=1S/C19H20N4O4S3/c1-11-21-22-18(29-11)20-16(24)5-4-8-23-17(25)15(30-19(23)28)10-12-6-7-13(26-2)14(9-12)27-3/h6-7,9-10H,4-5,8H2,1-3H3,(H,20,22,24). The van der Waals surface area contributed by atoms with Crippen molar-refractivity contribution in [1.82, 2.24) is 15.1 Å². The van der Waals surface area contributed by atoms with Crippen LogP contribution in [0.3, 0.4) is 0 Å². The van der Waals surface area contributed by atoms with Crippen LogP contribution in [-0.4, -0.2) is 52.0 Å². The van der Waals surface area contributed by atoms with Gasteiger partial charge in [0.1, 0.15) is 9.33 Å². The first-order valence-corrected chi connectivity index (χ1v) is 11.0. The van der Waals surface area contributed by atoms with Gasteiger partial charge < -0.3 is 14.8 Å². The fourth-order valence-corrected chi connectivity index (χ4v) is 4.63. The van der Waals surface area contributed by atoms with Crippen molar-refractivity contribution in [3.63, 3.8) is 0 Å². The molecule has 1 aliphatic rings. The molecule has 0 radical (unpaired) electrons. The van der Waals surface area contributed by atoms with Gasteiger partial charge in [0, 0.05) is 13.0 Å². The number of amides is 2. The molecular weight excluding hydrogens is 444 g/mol. The van der Waals surface area contributed by atoms with Gasteiger partial charge in [0.15, 0.2) is 11.5 Å². The number of anilines is 1. The van der Waals surface area contributed by atoms with Gasteiger partial charge in [-0.25, -0.2) is 0 Å². The van der Waals surface area contributed by atoms with Crippen molar-refractivity contribution in [2.75, 3.05) is 26.1 Å².